The van der Waals surface area contributed by atoms with Crippen LogP contribution < -0.4 is 10.2 Å². The van der Waals surface area contributed by atoms with Gasteiger partial charge in [-0.25, -0.2) is 13.2 Å². The summed E-state index contributed by atoms with van der Waals surface area (Å²) >= 11 is 0. The SMILES string of the molecule is O=C(Nc1ccccc1N1CCCC1=O)N1CCN(S(=O)(=O)c2cccnc2)CC1. The average Bonchev–Trinajstić information content (AvgIpc) is 3.20. The maximum Gasteiger partial charge on any atom is 0.321 e. The lowest BCUT2D eigenvalue weighted by atomic mass is 10.2. The van der Waals surface area contributed by atoms with Gasteiger partial charge in [0.25, 0.3) is 0 Å². The predicted octanol–water partition coefficient (Wildman–Crippen LogP) is 1.75. The molecule has 0 radical (unpaired) electrons. The number of urea groups is 1. The number of hydrogen-bond donors (Lipinski definition) is 1. The Morgan fingerprint density at radius 2 is 1.77 bits per heavy atom. The van der Waals surface area contributed by atoms with Crippen molar-refractivity contribution in [2.24, 2.45) is 0 Å². The highest BCUT2D eigenvalue weighted by molar-refractivity contribution is 7.89. The number of carbonyl (C=O) groups excluding carboxylic acids is 2. The lowest BCUT2D eigenvalue weighted by Crippen LogP contribution is -2.51. The van der Waals surface area contributed by atoms with Gasteiger partial charge in [0.1, 0.15) is 4.90 Å². The Balaban J connectivity index is 1.41. The molecule has 158 valence electrons. The lowest BCUT2D eigenvalue weighted by Gasteiger charge is -2.34. The minimum Gasteiger partial charge on any atom is -0.322 e. The second kappa shape index (κ2) is 8.41. The van der Waals surface area contributed by atoms with Gasteiger partial charge in [-0.05, 0) is 30.7 Å². The number of anilines is 2. The van der Waals surface area contributed by atoms with Crippen molar-refractivity contribution >= 4 is 33.3 Å². The molecule has 1 N–H and O–H groups in total. The molecule has 2 saturated heterocycles. The summed E-state index contributed by atoms with van der Waals surface area (Å²) in [6, 6.07) is 10.0. The Morgan fingerprint density at radius 3 is 2.43 bits per heavy atom. The van der Waals surface area contributed by atoms with Gasteiger partial charge in [-0.15, -0.1) is 0 Å². The number of amides is 3. The van der Waals surface area contributed by atoms with Crippen LogP contribution in [0.4, 0.5) is 16.2 Å². The van der Waals surface area contributed by atoms with E-state index in [1.165, 1.54) is 22.8 Å². The van der Waals surface area contributed by atoms with E-state index in [-0.39, 0.29) is 43.0 Å². The molecule has 9 nitrogen and oxygen atoms in total. The van der Waals surface area contributed by atoms with Gasteiger partial charge in [-0.1, -0.05) is 12.1 Å². The molecule has 2 aliphatic rings. The normalized spacial score (nSPS) is 17.9. The highest BCUT2D eigenvalue weighted by Crippen LogP contribution is 2.29. The second-order valence-corrected chi connectivity index (χ2v) is 9.11. The Labute approximate surface area is 175 Å². The zero-order valence-corrected chi connectivity index (χ0v) is 17.2. The van der Waals surface area contributed by atoms with Crippen LogP contribution in [0, 0.1) is 0 Å². The Bertz CT molecular complexity index is 1040. The lowest BCUT2D eigenvalue weighted by molar-refractivity contribution is -0.117. The number of sulfonamides is 1. The molecule has 0 unspecified atom stereocenters. The first-order valence-electron chi connectivity index (χ1n) is 9.82. The van der Waals surface area contributed by atoms with Gasteiger partial charge >= 0.3 is 6.03 Å². The van der Waals surface area contributed by atoms with Gasteiger partial charge in [0.2, 0.25) is 15.9 Å². The molecule has 0 atom stereocenters. The molecule has 1 aromatic carbocycles. The number of hydrogen-bond acceptors (Lipinski definition) is 5. The standard InChI is InChI=1S/C20H23N5O4S/c26-19-8-4-10-25(19)18-7-2-1-6-17(18)22-20(27)23-11-13-24(14-12-23)30(28,29)16-5-3-9-21-15-16/h1-3,5-7,9,15H,4,8,10-14H2,(H,22,27). The second-order valence-electron chi connectivity index (χ2n) is 7.18. The summed E-state index contributed by atoms with van der Waals surface area (Å²) in [7, 11) is -3.63. The molecular formula is C20H23N5O4S. The van der Waals surface area contributed by atoms with E-state index in [0.717, 1.165) is 6.42 Å². The van der Waals surface area contributed by atoms with Gasteiger partial charge in [0.05, 0.1) is 11.4 Å². The smallest absolute Gasteiger partial charge is 0.321 e. The number of benzene rings is 1. The van der Waals surface area contributed by atoms with E-state index < -0.39 is 10.0 Å². The summed E-state index contributed by atoms with van der Waals surface area (Å²) in [6.07, 6.45) is 4.16. The zero-order chi connectivity index (χ0) is 21.1. The first kappa shape index (κ1) is 20.3. The molecule has 2 aliphatic heterocycles. The van der Waals surface area contributed by atoms with Crippen LogP contribution in [0.5, 0.6) is 0 Å². The molecule has 0 spiro atoms. The Kier molecular flexibility index (Phi) is 5.69. The van der Waals surface area contributed by atoms with Crippen LogP contribution in [0.25, 0.3) is 0 Å². The molecule has 1 aromatic heterocycles. The molecule has 0 aliphatic carbocycles. The fraction of sp³-hybridized carbons (Fsp3) is 0.350. The van der Waals surface area contributed by atoms with Crippen molar-refractivity contribution in [1.29, 1.82) is 0 Å². The number of pyridine rings is 1. The molecule has 2 aromatic rings. The van der Waals surface area contributed by atoms with Crippen LogP contribution in [-0.4, -0.2) is 67.3 Å². The summed E-state index contributed by atoms with van der Waals surface area (Å²) < 4.78 is 26.8. The van der Waals surface area contributed by atoms with Gasteiger partial charge < -0.3 is 15.1 Å². The van der Waals surface area contributed by atoms with Crippen LogP contribution in [0.1, 0.15) is 12.8 Å². The number of nitrogens with zero attached hydrogens (tertiary/aromatic N) is 4. The van der Waals surface area contributed by atoms with Crippen LogP contribution in [0.2, 0.25) is 0 Å². The third-order valence-electron chi connectivity index (χ3n) is 5.31. The van der Waals surface area contributed by atoms with E-state index in [0.29, 0.717) is 24.3 Å². The summed E-state index contributed by atoms with van der Waals surface area (Å²) in [5.74, 6) is 0.0471. The summed E-state index contributed by atoms with van der Waals surface area (Å²) in [6.45, 7) is 1.59. The maximum atomic E-state index is 12.8. The van der Waals surface area contributed by atoms with E-state index in [1.54, 1.807) is 28.0 Å². The van der Waals surface area contributed by atoms with Crippen LogP contribution >= 0.6 is 0 Å². The molecule has 3 heterocycles. The molecule has 3 amide bonds. The third-order valence-corrected chi connectivity index (χ3v) is 7.19. The molecule has 0 saturated carbocycles. The maximum absolute atomic E-state index is 12.8. The molecule has 30 heavy (non-hydrogen) atoms. The Hall–Kier alpha value is -2.98. The highest BCUT2D eigenvalue weighted by atomic mass is 32.2. The van der Waals surface area contributed by atoms with Gasteiger partial charge in [-0.2, -0.15) is 4.31 Å². The predicted molar refractivity (Wildman–Crippen MR) is 112 cm³/mol. The first-order valence-corrected chi connectivity index (χ1v) is 11.3. The van der Waals surface area contributed by atoms with E-state index >= 15 is 0 Å². The van der Waals surface area contributed by atoms with Gasteiger partial charge in [0, 0.05) is 51.5 Å². The van der Waals surface area contributed by atoms with Crippen molar-refractivity contribution in [2.45, 2.75) is 17.7 Å². The number of rotatable bonds is 4. The van der Waals surface area contributed by atoms with Crippen molar-refractivity contribution < 1.29 is 18.0 Å². The van der Waals surface area contributed by atoms with Crippen molar-refractivity contribution in [3.05, 3.63) is 48.8 Å². The number of piperazine rings is 1. The molecule has 10 heteroatoms. The topological polar surface area (TPSA) is 103 Å². The Morgan fingerprint density at radius 1 is 1.00 bits per heavy atom. The van der Waals surface area contributed by atoms with Crippen molar-refractivity contribution in [3.8, 4) is 0 Å². The van der Waals surface area contributed by atoms with Gasteiger partial charge in [-0.3, -0.25) is 9.78 Å². The summed E-state index contributed by atoms with van der Waals surface area (Å²) in [5, 5.41) is 2.88. The van der Waals surface area contributed by atoms with E-state index in [4.69, 9.17) is 0 Å². The quantitative estimate of drug-likeness (QED) is 0.798. The molecule has 0 bridgehead atoms. The van der Waals surface area contributed by atoms with E-state index in [2.05, 4.69) is 10.3 Å². The first-order chi connectivity index (χ1) is 14.5. The number of aromatic nitrogens is 1. The van der Waals surface area contributed by atoms with Crippen LogP contribution in [-0.2, 0) is 14.8 Å². The van der Waals surface area contributed by atoms with Crippen molar-refractivity contribution in [1.82, 2.24) is 14.2 Å². The fourth-order valence-electron chi connectivity index (χ4n) is 3.69. The molecule has 4 rings (SSSR count). The number of nitrogens with one attached hydrogen (secondary N) is 1. The molecular weight excluding hydrogens is 406 g/mol. The average molecular weight is 430 g/mol. The molecule has 2 fully saturated rings. The van der Waals surface area contributed by atoms with Gasteiger partial charge in [0.15, 0.2) is 0 Å². The highest BCUT2D eigenvalue weighted by Gasteiger charge is 2.31. The fourth-order valence-corrected chi connectivity index (χ4v) is 5.08. The minimum absolute atomic E-state index is 0.0471. The van der Waals surface area contributed by atoms with E-state index in [9.17, 15) is 18.0 Å². The zero-order valence-electron chi connectivity index (χ0n) is 16.4. The monoisotopic (exact) mass is 429 g/mol. The number of para-hydroxylation sites is 2. The number of carbonyl (C=O) groups is 2. The van der Waals surface area contributed by atoms with Crippen molar-refractivity contribution in [3.63, 3.8) is 0 Å². The van der Waals surface area contributed by atoms with Crippen LogP contribution in [0.15, 0.2) is 53.7 Å². The van der Waals surface area contributed by atoms with E-state index in [1.807, 2.05) is 12.1 Å². The van der Waals surface area contributed by atoms with Crippen molar-refractivity contribution in [2.75, 3.05) is 42.9 Å². The largest absolute Gasteiger partial charge is 0.322 e. The summed E-state index contributed by atoms with van der Waals surface area (Å²) in [4.78, 5) is 32.2. The third kappa shape index (κ3) is 4.01. The van der Waals surface area contributed by atoms with Crippen LogP contribution in [0.3, 0.4) is 0 Å². The summed E-state index contributed by atoms with van der Waals surface area (Å²) in [5.41, 5.74) is 1.26. The minimum atomic E-state index is -3.63.